The number of hydrogen-bond donors (Lipinski definition) is 2. The topological polar surface area (TPSA) is 104 Å². The van der Waals surface area contributed by atoms with E-state index in [0.717, 1.165) is 0 Å². The average molecular weight is 317 g/mol. The van der Waals surface area contributed by atoms with E-state index in [1.165, 1.54) is 31.2 Å². The van der Waals surface area contributed by atoms with E-state index < -0.39 is 26.3 Å². The number of ether oxygens (including phenoxy) is 1. The Bertz CT molecular complexity index is 482. The summed E-state index contributed by atoms with van der Waals surface area (Å²) in [5.41, 5.74) is -0.0527. The molecule has 0 bridgehead atoms. The van der Waals surface area contributed by atoms with Crippen LogP contribution in [0.25, 0.3) is 0 Å². The monoisotopic (exact) mass is 317 g/mol. The van der Waals surface area contributed by atoms with Crippen LogP contribution in [0.4, 0.5) is 5.69 Å². The average Bonchev–Trinajstić information content (AvgIpc) is 2.29. The van der Waals surface area contributed by atoms with Crippen LogP contribution in [0, 0.1) is 0 Å². The molecule has 0 aliphatic heterocycles. The minimum absolute atomic E-state index is 0.0527. The zero-order valence-electron chi connectivity index (χ0n) is 9.52. The summed E-state index contributed by atoms with van der Waals surface area (Å²) in [5.74, 6) is -2.68. The maximum atomic E-state index is 11.7. The third-order valence-electron chi connectivity index (χ3n) is 1.90. The first-order valence-electron chi connectivity index (χ1n) is 5.00. The van der Waals surface area contributed by atoms with E-state index in [9.17, 15) is 21.5 Å². The van der Waals surface area contributed by atoms with Crippen LogP contribution < -0.4 is 3.82 Å². The summed E-state index contributed by atoms with van der Waals surface area (Å²) in [6, 6.07) is 7.23. The molecule has 1 amide bonds. The van der Waals surface area contributed by atoms with Crippen LogP contribution >= 0.6 is 0 Å². The van der Waals surface area contributed by atoms with Gasteiger partial charge >= 0.3 is 106 Å². The molecule has 18 heavy (non-hydrogen) atoms. The van der Waals surface area contributed by atoms with Crippen molar-refractivity contribution < 1.29 is 26.3 Å². The third-order valence-corrected chi connectivity index (χ3v) is 3.86. The van der Waals surface area contributed by atoms with Crippen molar-refractivity contribution in [2.45, 2.75) is 6.92 Å². The van der Waals surface area contributed by atoms with Gasteiger partial charge in [0.1, 0.15) is 0 Å². The van der Waals surface area contributed by atoms with Gasteiger partial charge in [0.2, 0.25) is 0 Å². The molecule has 0 unspecified atom stereocenters. The first-order valence-corrected chi connectivity index (χ1v) is 8.28. The summed E-state index contributed by atoms with van der Waals surface area (Å²) in [4.78, 5) is 22.9. The fourth-order valence-corrected chi connectivity index (χ4v) is 2.81. The van der Waals surface area contributed by atoms with E-state index in [1.807, 2.05) is 0 Å². The molecule has 0 spiro atoms. The second-order valence-corrected chi connectivity index (χ2v) is 6.18. The Balaban J connectivity index is 3.13. The first kappa shape index (κ1) is 14.5. The normalized spacial score (nSPS) is 10.8. The van der Waals surface area contributed by atoms with Crippen molar-refractivity contribution in [2.24, 2.45) is 0 Å². The molecule has 2 N–H and O–H groups in total. The molecular weight excluding hydrogens is 305 g/mol. The van der Waals surface area contributed by atoms with E-state index in [4.69, 9.17) is 0 Å². The van der Waals surface area contributed by atoms with Crippen LogP contribution in [-0.2, 0) is 18.1 Å². The predicted octanol–water partition coefficient (Wildman–Crippen LogP) is -0.567. The molecule has 0 fully saturated rings. The van der Waals surface area contributed by atoms with Gasteiger partial charge in [-0.25, -0.2) is 0 Å². The van der Waals surface area contributed by atoms with E-state index in [1.54, 1.807) is 6.07 Å². The zero-order valence-corrected chi connectivity index (χ0v) is 11.4. The number of carbonyl (C=O) groups is 2. The van der Waals surface area contributed by atoms with Gasteiger partial charge in [0.25, 0.3) is 0 Å². The molecular formula is C10H12AsNO6. The summed E-state index contributed by atoms with van der Waals surface area (Å²) >= 11 is -5.61. The molecule has 0 saturated carbocycles. The number of anilines is 1. The molecule has 0 aliphatic carbocycles. The number of carbonyl (C=O) groups excluding carboxylic acids is 2. The molecule has 0 aromatic heterocycles. The first-order chi connectivity index (χ1) is 8.38. The summed E-state index contributed by atoms with van der Waals surface area (Å²) < 4.78 is 34.3. The number of rotatable bonds is 3. The fraction of sp³-hybridized carbons (Fsp3) is 0.200. The summed E-state index contributed by atoms with van der Waals surface area (Å²) in [6.07, 6.45) is 0. The minimum atomic E-state index is -5.61. The van der Waals surface area contributed by atoms with Crippen molar-refractivity contribution in [3.05, 3.63) is 30.3 Å². The third kappa shape index (κ3) is 3.46. The Kier molecular flexibility index (Phi) is 4.72. The fourth-order valence-electron chi connectivity index (χ4n) is 1.23. The number of benzene rings is 1. The Morgan fingerprint density at radius 3 is 2.28 bits per heavy atom. The Morgan fingerprint density at radius 1 is 1.28 bits per heavy atom. The second-order valence-electron chi connectivity index (χ2n) is 3.19. The Morgan fingerprint density at radius 2 is 1.83 bits per heavy atom. The van der Waals surface area contributed by atoms with Gasteiger partial charge in [-0.2, -0.15) is 0 Å². The van der Waals surface area contributed by atoms with Crippen molar-refractivity contribution in [1.82, 2.24) is 0 Å². The van der Waals surface area contributed by atoms with Crippen LogP contribution in [0.15, 0.2) is 30.3 Å². The van der Waals surface area contributed by atoms with Gasteiger partial charge in [0.15, 0.2) is 0 Å². The van der Waals surface area contributed by atoms with Gasteiger partial charge in [-0.05, 0) is 0 Å². The molecule has 7 nitrogen and oxygen atoms in total. The van der Waals surface area contributed by atoms with Gasteiger partial charge in [-0.1, -0.05) is 0 Å². The van der Waals surface area contributed by atoms with Crippen LogP contribution in [0.1, 0.15) is 6.92 Å². The SMILES string of the molecule is CCOC(=O)C(=O)N(c1ccccc1)[As](=O)(O)O. The van der Waals surface area contributed by atoms with E-state index in [-0.39, 0.29) is 16.1 Å². The number of para-hydroxylation sites is 1. The molecule has 1 aromatic carbocycles. The van der Waals surface area contributed by atoms with Crippen molar-refractivity contribution in [2.75, 3.05) is 10.4 Å². The van der Waals surface area contributed by atoms with Crippen LogP contribution in [0.2, 0.25) is 0 Å². The molecule has 0 aliphatic rings. The summed E-state index contributed by atoms with van der Waals surface area (Å²) in [6.45, 7) is 1.43. The van der Waals surface area contributed by atoms with Crippen molar-refractivity contribution in [3.8, 4) is 0 Å². The number of amides is 1. The van der Waals surface area contributed by atoms with Gasteiger partial charge in [0.05, 0.1) is 0 Å². The predicted molar refractivity (Wildman–Crippen MR) is 61.4 cm³/mol. The Hall–Kier alpha value is -1.56. The van der Waals surface area contributed by atoms with Crippen molar-refractivity contribution in [3.63, 3.8) is 0 Å². The zero-order chi connectivity index (χ0) is 13.8. The van der Waals surface area contributed by atoms with Gasteiger partial charge in [-0.15, -0.1) is 0 Å². The van der Waals surface area contributed by atoms with Crippen LogP contribution in [-0.4, -0.2) is 41.1 Å². The Labute approximate surface area is 106 Å². The standard InChI is InChI=1S/C10H12AsNO6/c1-2-18-10(14)9(13)12(11(15,16)17)8-6-4-3-5-7-8/h3-7H,2H2,1H3,(H2,15,16,17). The number of hydrogen-bond acceptors (Lipinski definition) is 4. The van der Waals surface area contributed by atoms with Crippen LogP contribution in [0.3, 0.4) is 0 Å². The maximum absolute atomic E-state index is 11.7. The molecule has 1 rings (SSSR count). The molecule has 0 saturated heterocycles. The number of nitrogens with zero attached hydrogens (tertiary/aromatic N) is 1. The van der Waals surface area contributed by atoms with Gasteiger partial charge in [0, 0.05) is 0 Å². The second kappa shape index (κ2) is 5.86. The molecule has 98 valence electrons. The van der Waals surface area contributed by atoms with Gasteiger partial charge in [-0.3, -0.25) is 0 Å². The van der Waals surface area contributed by atoms with E-state index in [0.29, 0.717) is 0 Å². The van der Waals surface area contributed by atoms with E-state index >= 15 is 0 Å². The summed E-state index contributed by atoms with van der Waals surface area (Å²) in [7, 11) is 0. The van der Waals surface area contributed by atoms with Gasteiger partial charge < -0.3 is 0 Å². The summed E-state index contributed by atoms with van der Waals surface area (Å²) in [5, 5.41) is 0. The van der Waals surface area contributed by atoms with E-state index in [2.05, 4.69) is 4.74 Å². The van der Waals surface area contributed by atoms with Crippen molar-refractivity contribution in [1.29, 1.82) is 0 Å². The molecule has 8 heteroatoms. The molecule has 0 atom stereocenters. The van der Waals surface area contributed by atoms with Crippen molar-refractivity contribution >= 4 is 32.0 Å². The molecule has 0 heterocycles. The quantitative estimate of drug-likeness (QED) is 0.440. The molecule has 0 radical (unpaired) electrons. The number of esters is 1. The van der Waals surface area contributed by atoms with Crippen LogP contribution in [0.5, 0.6) is 0 Å². The molecule has 1 aromatic rings.